The van der Waals surface area contributed by atoms with E-state index in [2.05, 4.69) is 20.8 Å². The second-order valence-electron chi connectivity index (χ2n) is 3.88. The van der Waals surface area contributed by atoms with Gasteiger partial charge < -0.3 is 10.0 Å². The fourth-order valence-corrected chi connectivity index (χ4v) is 2.38. The Kier molecular flexibility index (Phi) is 3.54. The number of benzene rings is 1. The first-order valence-corrected chi connectivity index (χ1v) is 6.18. The van der Waals surface area contributed by atoms with Gasteiger partial charge in [0.25, 0.3) is 0 Å². The highest BCUT2D eigenvalue weighted by molar-refractivity contribution is 9.10. The number of halogens is 2. The highest BCUT2D eigenvalue weighted by Crippen LogP contribution is 2.30. The first kappa shape index (κ1) is 11.2. The number of aliphatic hydroxyl groups is 1. The van der Waals surface area contributed by atoms with E-state index in [1.807, 2.05) is 18.2 Å². The van der Waals surface area contributed by atoms with Crippen molar-refractivity contribution in [2.24, 2.45) is 5.92 Å². The summed E-state index contributed by atoms with van der Waals surface area (Å²) >= 11 is 9.36. The van der Waals surface area contributed by atoms with Gasteiger partial charge in [-0.3, -0.25) is 0 Å². The van der Waals surface area contributed by atoms with Gasteiger partial charge in [0.2, 0.25) is 0 Å². The fourth-order valence-electron chi connectivity index (χ4n) is 1.90. The van der Waals surface area contributed by atoms with E-state index >= 15 is 0 Å². The van der Waals surface area contributed by atoms with E-state index in [4.69, 9.17) is 16.7 Å². The second kappa shape index (κ2) is 4.73. The average Bonchev–Trinajstić information content (AvgIpc) is 2.70. The molecule has 0 saturated carbocycles. The van der Waals surface area contributed by atoms with Gasteiger partial charge in [-0.1, -0.05) is 11.6 Å². The molecule has 0 amide bonds. The van der Waals surface area contributed by atoms with Gasteiger partial charge in [-0.05, 0) is 40.5 Å². The molecule has 15 heavy (non-hydrogen) atoms. The molecule has 1 aliphatic heterocycles. The Morgan fingerprint density at radius 1 is 1.53 bits per heavy atom. The highest BCUT2D eigenvalue weighted by Gasteiger charge is 2.22. The molecule has 0 bridgehead atoms. The molecule has 2 nitrogen and oxygen atoms in total. The smallest absolute Gasteiger partial charge is 0.0549 e. The maximum absolute atomic E-state index is 9.07. The van der Waals surface area contributed by atoms with Gasteiger partial charge >= 0.3 is 0 Å². The molecule has 1 aromatic carbocycles. The monoisotopic (exact) mass is 289 g/mol. The molecular formula is C11H13BrClNO. The molecule has 1 unspecified atom stereocenters. The molecule has 1 heterocycles. The number of hydrogen-bond donors (Lipinski definition) is 1. The summed E-state index contributed by atoms with van der Waals surface area (Å²) < 4.78 is 0.925. The summed E-state index contributed by atoms with van der Waals surface area (Å²) in [5.74, 6) is 0.416. The number of nitrogens with zero attached hydrogens (tertiary/aromatic N) is 1. The van der Waals surface area contributed by atoms with Crippen LogP contribution in [-0.2, 0) is 0 Å². The van der Waals surface area contributed by atoms with Crippen molar-refractivity contribution in [2.45, 2.75) is 6.42 Å². The fraction of sp³-hybridized carbons (Fsp3) is 0.455. The normalized spacial score (nSPS) is 21.0. The lowest BCUT2D eigenvalue weighted by Gasteiger charge is -2.18. The number of rotatable bonds is 2. The lowest BCUT2D eigenvalue weighted by Crippen LogP contribution is -2.20. The minimum Gasteiger partial charge on any atom is -0.396 e. The molecule has 0 aromatic heterocycles. The van der Waals surface area contributed by atoms with Gasteiger partial charge in [-0.25, -0.2) is 0 Å². The van der Waals surface area contributed by atoms with Crippen LogP contribution in [0.3, 0.4) is 0 Å². The lowest BCUT2D eigenvalue weighted by molar-refractivity contribution is 0.238. The number of hydrogen-bond acceptors (Lipinski definition) is 2. The maximum Gasteiger partial charge on any atom is 0.0549 e. The second-order valence-corrected chi connectivity index (χ2v) is 5.14. The van der Waals surface area contributed by atoms with Gasteiger partial charge in [0.15, 0.2) is 0 Å². The van der Waals surface area contributed by atoms with Crippen LogP contribution in [0.1, 0.15) is 6.42 Å². The Balaban J connectivity index is 2.13. The Hall–Kier alpha value is -0.250. The van der Waals surface area contributed by atoms with E-state index in [9.17, 15) is 0 Å². The molecule has 1 atom stereocenters. The van der Waals surface area contributed by atoms with Crippen LogP contribution in [0.4, 0.5) is 5.69 Å². The minimum absolute atomic E-state index is 0.283. The van der Waals surface area contributed by atoms with Crippen LogP contribution < -0.4 is 4.90 Å². The molecule has 1 saturated heterocycles. The van der Waals surface area contributed by atoms with Crippen LogP contribution >= 0.6 is 27.5 Å². The topological polar surface area (TPSA) is 23.5 Å². The standard InChI is InChI=1S/C11H13BrClNO/c12-10-5-9(1-2-11(10)13)14-4-3-8(6-14)7-15/h1-2,5,8,15H,3-4,6-7H2. The van der Waals surface area contributed by atoms with Crippen LogP contribution in [0.15, 0.2) is 22.7 Å². The third kappa shape index (κ3) is 2.47. The molecule has 2 rings (SSSR count). The maximum atomic E-state index is 9.07. The SMILES string of the molecule is OCC1CCN(c2ccc(Cl)c(Br)c2)C1. The van der Waals surface area contributed by atoms with Gasteiger partial charge in [0.05, 0.1) is 5.02 Å². The molecule has 0 aliphatic carbocycles. The minimum atomic E-state index is 0.283. The van der Waals surface area contributed by atoms with Gasteiger partial charge in [-0.2, -0.15) is 0 Å². The quantitative estimate of drug-likeness (QED) is 0.905. The number of anilines is 1. The van der Waals surface area contributed by atoms with E-state index in [1.54, 1.807) is 0 Å². The van der Waals surface area contributed by atoms with Crippen molar-refractivity contribution in [3.8, 4) is 0 Å². The average molecular weight is 291 g/mol. The van der Waals surface area contributed by atoms with Crippen molar-refractivity contribution in [1.82, 2.24) is 0 Å². The van der Waals surface area contributed by atoms with Gasteiger partial charge in [0, 0.05) is 35.8 Å². The van der Waals surface area contributed by atoms with Crippen molar-refractivity contribution in [1.29, 1.82) is 0 Å². The molecule has 1 aromatic rings. The van der Waals surface area contributed by atoms with E-state index in [0.29, 0.717) is 5.92 Å². The van der Waals surface area contributed by atoms with Gasteiger partial charge in [-0.15, -0.1) is 0 Å². The molecule has 1 aliphatic rings. The van der Waals surface area contributed by atoms with Crippen LogP contribution in [0.25, 0.3) is 0 Å². The zero-order chi connectivity index (χ0) is 10.8. The molecule has 0 radical (unpaired) electrons. The molecule has 82 valence electrons. The number of aliphatic hydroxyl groups excluding tert-OH is 1. The van der Waals surface area contributed by atoms with E-state index in [0.717, 1.165) is 29.0 Å². The van der Waals surface area contributed by atoms with Crippen LogP contribution in [0.5, 0.6) is 0 Å². The Bertz CT molecular complexity index is 358. The van der Waals surface area contributed by atoms with Gasteiger partial charge in [0.1, 0.15) is 0 Å². The largest absolute Gasteiger partial charge is 0.396 e. The molecule has 1 N–H and O–H groups in total. The zero-order valence-electron chi connectivity index (χ0n) is 8.29. The highest BCUT2D eigenvalue weighted by atomic mass is 79.9. The summed E-state index contributed by atoms with van der Waals surface area (Å²) in [6.07, 6.45) is 1.07. The summed E-state index contributed by atoms with van der Waals surface area (Å²) in [4.78, 5) is 2.28. The lowest BCUT2D eigenvalue weighted by atomic mass is 10.1. The molecule has 4 heteroatoms. The summed E-state index contributed by atoms with van der Waals surface area (Å²) in [6.45, 7) is 2.23. The van der Waals surface area contributed by atoms with E-state index < -0.39 is 0 Å². The summed E-state index contributed by atoms with van der Waals surface area (Å²) in [5, 5.41) is 9.81. The van der Waals surface area contributed by atoms with Crippen LogP contribution in [0.2, 0.25) is 5.02 Å². The molecular weight excluding hydrogens is 277 g/mol. The third-order valence-electron chi connectivity index (χ3n) is 2.81. The van der Waals surface area contributed by atoms with E-state index in [-0.39, 0.29) is 6.61 Å². The van der Waals surface area contributed by atoms with Crippen molar-refractivity contribution in [3.05, 3.63) is 27.7 Å². The predicted molar refractivity (Wildman–Crippen MR) is 66.6 cm³/mol. The first-order valence-electron chi connectivity index (χ1n) is 5.01. The van der Waals surface area contributed by atoms with Crippen molar-refractivity contribution >= 4 is 33.2 Å². The first-order chi connectivity index (χ1) is 7.20. The zero-order valence-corrected chi connectivity index (χ0v) is 10.6. The summed E-state index contributed by atoms with van der Waals surface area (Å²) in [6, 6.07) is 5.95. The van der Waals surface area contributed by atoms with Crippen molar-refractivity contribution in [3.63, 3.8) is 0 Å². The predicted octanol–water partition coefficient (Wildman–Crippen LogP) is 2.92. The summed E-state index contributed by atoms with van der Waals surface area (Å²) in [5.41, 5.74) is 1.17. The third-order valence-corrected chi connectivity index (χ3v) is 4.03. The Morgan fingerprint density at radius 3 is 2.93 bits per heavy atom. The van der Waals surface area contributed by atoms with Crippen LogP contribution in [0, 0.1) is 5.92 Å². The molecule has 0 spiro atoms. The van der Waals surface area contributed by atoms with Crippen molar-refractivity contribution < 1.29 is 5.11 Å². The summed E-state index contributed by atoms with van der Waals surface area (Å²) in [7, 11) is 0. The van der Waals surface area contributed by atoms with Crippen LogP contribution in [-0.4, -0.2) is 24.8 Å². The Morgan fingerprint density at radius 2 is 2.33 bits per heavy atom. The van der Waals surface area contributed by atoms with Crippen molar-refractivity contribution in [2.75, 3.05) is 24.6 Å². The molecule has 1 fully saturated rings. The van der Waals surface area contributed by atoms with E-state index in [1.165, 1.54) is 5.69 Å². The Labute approximate surface area is 103 Å².